The van der Waals surface area contributed by atoms with E-state index in [1.54, 1.807) is 21.3 Å². The summed E-state index contributed by atoms with van der Waals surface area (Å²) < 4.78 is 22.6. The van der Waals surface area contributed by atoms with Crippen LogP contribution in [-0.4, -0.2) is 41.8 Å². The highest BCUT2D eigenvalue weighted by molar-refractivity contribution is 6.62. The average Bonchev–Trinajstić information content (AvgIpc) is 3.07. The van der Waals surface area contributed by atoms with Gasteiger partial charge >= 0.3 is 8.80 Å². The molecule has 0 amide bonds. The van der Waals surface area contributed by atoms with Crippen molar-refractivity contribution in [2.24, 2.45) is 0 Å². The van der Waals surface area contributed by atoms with Crippen molar-refractivity contribution in [1.82, 2.24) is 0 Å². The third kappa shape index (κ3) is 1.65. The minimum Gasteiger partial charge on any atom is -0.377 e. The molecule has 0 aromatic carbocycles. The molecular formula is C11H22O4Si. The minimum atomic E-state index is -2.56. The van der Waals surface area contributed by atoms with E-state index in [-0.39, 0.29) is 11.1 Å². The van der Waals surface area contributed by atoms with Crippen LogP contribution >= 0.6 is 0 Å². The van der Waals surface area contributed by atoms with Crippen molar-refractivity contribution in [3.05, 3.63) is 0 Å². The van der Waals surface area contributed by atoms with Gasteiger partial charge in [0.2, 0.25) is 0 Å². The highest BCUT2D eigenvalue weighted by atomic mass is 28.4. The van der Waals surface area contributed by atoms with E-state index >= 15 is 0 Å². The minimum absolute atomic E-state index is 0.0213. The predicted molar refractivity (Wildman–Crippen MR) is 62.3 cm³/mol. The maximum Gasteiger partial charge on any atom is 0.506 e. The fraction of sp³-hybridized carbons (Fsp3) is 1.00. The van der Waals surface area contributed by atoms with Crippen molar-refractivity contribution >= 4 is 8.80 Å². The van der Waals surface area contributed by atoms with Gasteiger partial charge in [-0.1, -0.05) is 19.8 Å². The first-order valence-corrected chi connectivity index (χ1v) is 7.78. The van der Waals surface area contributed by atoms with Crippen LogP contribution in [0.4, 0.5) is 0 Å². The van der Waals surface area contributed by atoms with E-state index in [0.717, 1.165) is 6.42 Å². The maximum absolute atomic E-state index is 5.93. The standard InChI is InChI=1S/C11H22O4Si/c1-9(16(12-2,13-3)14-4)11-8-6-5-7-10(11)15-11/h9-10H,5-8H2,1-4H3. The molecule has 16 heavy (non-hydrogen) atoms. The normalized spacial score (nSPS) is 35.6. The smallest absolute Gasteiger partial charge is 0.377 e. The van der Waals surface area contributed by atoms with Crippen molar-refractivity contribution in [2.75, 3.05) is 21.3 Å². The van der Waals surface area contributed by atoms with Crippen molar-refractivity contribution in [3.63, 3.8) is 0 Å². The SMILES string of the molecule is CO[Si](OC)(OC)C(C)C12CCCCC1O2. The van der Waals surface area contributed by atoms with Crippen LogP contribution in [0.5, 0.6) is 0 Å². The summed E-state index contributed by atoms with van der Waals surface area (Å²) >= 11 is 0. The lowest BCUT2D eigenvalue weighted by molar-refractivity contribution is 0.0949. The second-order valence-corrected chi connectivity index (χ2v) is 8.04. The molecule has 4 nitrogen and oxygen atoms in total. The number of rotatable bonds is 5. The van der Waals surface area contributed by atoms with Crippen LogP contribution in [0.1, 0.15) is 32.6 Å². The molecule has 1 aliphatic carbocycles. The van der Waals surface area contributed by atoms with Gasteiger partial charge in [-0.15, -0.1) is 0 Å². The molecule has 2 rings (SSSR count). The zero-order chi connectivity index (χ0) is 11.8. The molecule has 2 aliphatic rings. The van der Waals surface area contributed by atoms with Crippen LogP contribution < -0.4 is 0 Å². The highest BCUT2D eigenvalue weighted by Gasteiger charge is 2.68. The molecule has 0 bridgehead atoms. The molecule has 1 saturated heterocycles. The summed E-state index contributed by atoms with van der Waals surface area (Å²) in [5, 5.41) is 0. The van der Waals surface area contributed by atoms with Crippen LogP contribution in [0.3, 0.4) is 0 Å². The van der Waals surface area contributed by atoms with Gasteiger partial charge in [-0.05, 0) is 12.8 Å². The van der Waals surface area contributed by atoms with Crippen molar-refractivity contribution in [2.45, 2.75) is 49.9 Å². The largest absolute Gasteiger partial charge is 0.506 e. The maximum atomic E-state index is 5.93. The van der Waals surface area contributed by atoms with E-state index in [9.17, 15) is 0 Å². The molecule has 0 aromatic rings. The molecule has 5 heteroatoms. The monoisotopic (exact) mass is 246 g/mol. The molecular weight excluding hydrogens is 224 g/mol. The van der Waals surface area contributed by atoms with Crippen molar-refractivity contribution in [3.8, 4) is 0 Å². The van der Waals surface area contributed by atoms with E-state index in [1.807, 2.05) is 0 Å². The molecule has 0 aromatic heterocycles. The third-order valence-corrected chi connectivity index (χ3v) is 7.51. The Kier molecular flexibility index (Phi) is 3.43. The Hall–Kier alpha value is 0.0569. The van der Waals surface area contributed by atoms with Gasteiger partial charge in [0.15, 0.2) is 0 Å². The molecule has 2 fully saturated rings. The van der Waals surface area contributed by atoms with Crippen LogP contribution in [0.15, 0.2) is 0 Å². The first-order chi connectivity index (χ1) is 7.65. The molecule has 1 saturated carbocycles. The Morgan fingerprint density at radius 3 is 2.31 bits per heavy atom. The fourth-order valence-electron chi connectivity index (χ4n) is 3.16. The average molecular weight is 246 g/mol. The molecule has 0 radical (unpaired) electrons. The van der Waals surface area contributed by atoms with E-state index in [2.05, 4.69) is 6.92 Å². The summed E-state index contributed by atoms with van der Waals surface area (Å²) in [7, 11) is 2.46. The van der Waals surface area contributed by atoms with Crippen LogP contribution in [0, 0.1) is 0 Å². The molecule has 1 aliphatic heterocycles. The fourth-order valence-corrected chi connectivity index (χ4v) is 5.72. The lowest BCUT2D eigenvalue weighted by atomic mass is 9.87. The van der Waals surface area contributed by atoms with Crippen molar-refractivity contribution < 1.29 is 18.0 Å². The second-order valence-electron chi connectivity index (χ2n) is 4.74. The predicted octanol–water partition coefficient (Wildman–Crippen LogP) is 1.97. The molecule has 3 unspecified atom stereocenters. The Morgan fingerprint density at radius 1 is 1.19 bits per heavy atom. The van der Waals surface area contributed by atoms with Crippen LogP contribution in [0.25, 0.3) is 0 Å². The van der Waals surface area contributed by atoms with E-state index < -0.39 is 8.80 Å². The van der Waals surface area contributed by atoms with E-state index in [4.69, 9.17) is 18.0 Å². The van der Waals surface area contributed by atoms with Gasteiger partial charge in [0, 0.05) is 21.3 Å². The quantitative estimate of drug-likeness (QED) is 0.549. The van der Waals surface area contributed by atoms with Gasteiger partial charge in [0.1, 0.15) is 5.60 Å². The number of ether oxygens (including phenoxy) is 1. The topological polar surface area (TPSA) is 40.2 Å². The van der Waals surface area contributed by atoms with Crippen LogP contribution in [-0.2, 0) is 18.0 Å². The number of hydrogen-bond acceptors (Lipinski definition) is 4. The molecule has 3 atom stereocenters. The van der Waals surface area contributed by atoms with Gasteiger partial charge < -0.3 is 18.0 Å². The Labute approximate surface area is 98.6 Å². The van der Waals surface area contributed by atoms with Crippen LogP contribution in [0.2, 0.25) is 5.54 Å². The summed E-state index contributed by atoms with van der Waals surface area (Å²) in [6.07, 6.45) is 5.21. The molecule has 0 N–H and O–H groups in total. The zero-order valence-electron chi connectivity index (χ0n) is 10.6. The Morgan fingerprint density at radius 2 is 1.81 bits per heavy atom. The summed E-state index contributed by atoms with van der Waals surface area (Å²) in [5.41, 5.74) is 0.192. The van der Waals surface area contributed by atoms with Gasteiger partial charge in [-0.25, -0.2) is 0 Å². The lowest BCUT2D eigenvalue weighted by Crippen LogP contribution is -2.52. The third-order valence-electron chi connectivity index (χ3n) is 4.25. The summed E-state index contributed by atoms with van der Waals surface area (Å²) in [4.78, 5) is 0. The van der Waals surface area contributed by atoms with Gasteiger partial charge in [0.05, 0.1) is 11.6 Å². The second kappa shape index (κ2) is 4.38. The highest BCUT2D eigenvalue weighted by Crippen LogP contribution is 2.57. The van der Waals surface area contributed by atoms with Gasteiger partial charge in [-0.2, -0.15) is 0 Å². The van der Waals surface area contributed by atoms with Gasteiger partial charge in [-0.3, -0.25) is 0 Å². The summed E-state index contributed by atoms with van der Waals surface area (Å²) in [5.74, 6) is 0. The van der Waals surface area contributed by atoms with Crippen molar-refractivity contribution in [1.29, 1.82) is 0 Å². The molecule has 0 spiro atoms. The Bertz CT molecular complexity index is 248. The Balaban J connectivity index is 2.14. The zero-order valence-corrected chi connectivity index (χ0v) is 11.6. The first-order valence-electron chi connectivity index (χ1n) is 5.98. The molecule has 1 heterocycles. The number of epoxide rings is 1. The first kappa shape index (κ1) is 12.5. The lowest BCUT2D eigenvalue weighted by Gasteiger charge is -2.35. The number of hydrogen-bond donors (Lipinski definition) is 0. The summed E-state index contributed by atoms with van der Waals surface area (Å²) in [6, 6.07) is 0. The van der Waals surface area contributed by atoms with Gasteiger partial charge in [0.25, 0.3) is 0 Å². The van der Waals surface area contributed by atoms with E-state index in [1.165, 1.54) is 19.3 Å². The summed E-state index contributed by atoms with van der Waals surface area (Å²) in [6.45, 7) is 2.15. The number of fused-ring (bicyclic) bond motifs is 1. The van der Waals surface area contributed by atoms with E-state index in [0.29, 0.717) is 6.10 Å². The molecule has 94 valence electrons.